The molecule has 1 heterocycles. The Morgan fingerprint density at radius 2 is 1.88 bits per heavy atom. The number of rotatable bonds is 5. The Morgan fingerprint density at radius 1 is 1.12 bits per heavy atom. The molecule has 0 bridgehead atoms. The third-order valence-electron chi connectivity index (χ3n) is 4.55. The van der Waals surface area contributed by atoms with Crippen molar-refractivity contribution in [2.24, 2.45) is 0 Å². The van der Waals surface area contributed by atoms with Crippen LogP contribution in [-0.2, 0) is 0 Å². The zero-order chi connectivity index (χ0) is 16.9. The number of carbonyl (C=O) groups excluding carboxylic acids is 1. The number of carbonyl (C=O) groups is 1. The van der Waals surface area contributed by atoms with Crippen molar-refractivity contribution in [1.82, 2.24) is 4.98 Å². The van der Waals surface area contributed by atoms with E-state index in [4.69, 9.17) is 0 Å². The number of benzene rings is 1. The Kier molecular flexibility index (Phi) is 5.14. The highest BCUT2D eigenvalue weighted by Gasteiger charge is 2.15. The number of hydrogen-bond donors (Lipinski definition) is 2. The second-order valence-electron chi connectivity index (χ2n) is 6.75. The molecule has 1 aliphatic carbocycles. The van der Waals surface area contributed by atoms with Crippen molar-refractivity contribution in [1.29, 1.82) is 0 Å². The molecular formula is C20H25N3O. The molecule has 24 heavy (non-hydrogen) atoms. The van der Waals surface area contributed by atoms with Crippen LogP contribution in [0.1, 0.15) is 61.5 Å². The molecule has 0 saturated heterocycles. The summed E-state index contributed by atoms with van der Waals surface area (Å²) in [7, 11) is 0. The molecule has 3 rings (SSSR count). The van der Waals surface area contributed by atoms with Crippen LogP contribution >= 0.6 is 0 Å². The van der Waals surface area contributed by atoms with Crippen LogP contribution in [0.4, 0.5) is 11.4 Å². The van der Waals surface area contributed by atoms with Crippen LogP contribution in [-0.4, -0.2) is 16.9 Å². The van der Waals surface area contributed by atoms with E-state index >= 15 is 0 Å². The summed E-state index contributed by atoms with van der Waals surface area (Å²) >= 11 is 0. The summed E-state index contributed by atoms with van der Waals surface area (Å²) in [4.78, 5) is 16.8. The number of nitrogens with zero attached hydrogens (tertiary/aromatic N) is 1. The summed E-state index contributed by atoms with van der Waals surface area (Å²) in [6.07, 6.45) is 6.77. The summed E-state index contributed by atoms with van der Waals surface area (Å²) in [5.74, 6) is 0.183. The molecule has 1 aliphatic rings. The standard InChI is InChI=1S/C20H25N3O/c1-14(2)17-9-5-6-10-18(17)23-20(24)19-12-11-16(13-21-19)22-15-7-3-4-8-15/h5-6,9-15,22H,3-4,7-8H2,1-2H3,(H,23,24). The molecule has 0 radical (unpaired) electrons. The van der Waals surface area contributed by atoms with Gasteiger partial charge < -0.3 is 10.6 Å². The van der Waals surface area contributed by atoms with Gasteiger partial charge >= 0.3 is 0 Å². The van der Waals surface area contributed by atoms with Crippen LogP contribution in [0.15, 0.2) is 42.6 Å². The van der Waals surface area contributed by atoms with E-state index in [9.17, 15) is 4.79 Å². The van der Waals surface area contributed by atoms with Gasteiger partial charge in [0.25, 0.3) is 5.91 Å². The number of hydrogen-bond acceptors (Lipinski definition) is 3. The highest BCUT2D eigenvalue weighted by atomic mass is 16.1. The van der Waals surface area contributed by atoms with Gasteiger partial charge in [-0.05, 0) is 42.5 Å². The molecule has 126 valence electrons. The van der Waals surface area contributed by atoms with E-state index in [0.717, 1.165) is 16.9 Å². The summed E-state index contributed by atoms with van der Waals surface area (Å²) in [6.45, 7) is 4.24. The molecule has 1 amide bonds. The van der Waals surface area contributed by atoms with Gasteiger partial charge in [-0.3, -0.25) is 4.79 Å². The number of pyridine rings is 1. The van der Waals surface area contributed by atoms with Gasteiger partial charge in [-0.1, -0.05) is 44.9 Å². The predicted molar refractivity (Wildman–Crippen MR) is 98.6 cm³/mol. The third-order valence-corrected chi connectivity index (χ3v) is 4.55. The maximum Gasteiger partial charge on any atom is 0.274 e. The Balaban J connectivity index is 1.67. The Bertz CT molecular complexity index is 688. The average Bonchev–Trinajstić information content (AvgIpc) is 3.09. The monoisotopic (exact) mass is 323 g/mol. The quantitative estimate of drug-likeness (QED) is 0.830. The van der Waals surface area contributed by atoms with Gasteiger partial charge in [0.2, 0.25) is 0 Å². The summed E-state index contributed by atoms with van der Waals surface area (Å²) in [5, 5.41) is 6.47. The van der Waals surface area contributed by atoms with E-state index in [1.807, 2.05) is 30.3 Å². The zero-order valence-electron chi connectivity index (χ0n) is 14.4. The lowest BCUT2D eigenvalue weighted by atomic mass is 10.0. The predicted octanol–water partition coefficient (Wildman–Crippen LogP) is 4.81. The van der Waals surface area contributed by atoms with E-state index < -0.39 is 0 Å². The van der Waals surface area contributed by atoms with Gasteiger partial charge in [0.15, 0.2) is 0 Å². The Labute approximate surface area is 143 Å². The normalized spacial score (nSPS) is 14.8. The van der Waals surface area contributed by atoms with Crippen LogP contribution in [0.5, 0.6) is 0 Å². The lowest BCUT2D eigenvalue weighted by Crippen LogP contribution is -2.17. The molecule has 1 saturated carbocycles. The van der Waals surface area contributed by atoms with E-state index in [1.165, 1.54) is 25.7 Å². The highest BCUT2D eigenvalue weighted by molar-refractivity contribution is 6.03. The van der Waals surface area contributed by atoms with E-state index in [0.29, 0.717) is 17.7 Å². The van der Waals surface area contributed by atoms with Crippen LogP contribution < -0.4 is 10.6 Å². The maximum absolute atomic E-state index is 12.5. The molecular weight excluding hydrogens is 298 g/mol. The summed E-state index contributed by atoms with van der Waals surface area (Å²) in [6, 6.07) is 12.2. The van der Waals surface area contributed by atoms with Gasteiger partial charge in [-0.15, -0.1) is 0 Å². The molecule has 0 spiro atoms. The summed E-state index contributed by atoms with van der Waals surface area (Å²) in [5.41, 5.74) is 3.41. The molecule has 4 nitrogen and oxygen atoms in total. The molecule has 0 aliphatic heterocycles. The van der Waals surface area contributed by atoms with Crippen LogP contribution in [0.25, 0.3) is 0 Å². The van der Waals surface area contributed by atoms with Crippen molar-refractivity contribution in [3.63, 3.8) is 0 Å². The first-order valence-electron chi connectivity index (χ1n) is 8.76. The van der Waals surface area contributed by atoms with Gasteiger partial charge in [-0.2, -0.15) is 0 Å². The highest BCUT2D eigenvalue weighted by Crippen LogP contribution is 2.24. The van der Waals surface area contributed by atoms with Crippen molar-refractivity contribution in [2.75, 3.05) is 10.6 Å². The fourth-order valence-corrected chi connectivity index (χ4v) is 3.22. The molecule has 1 fully saturated rings. The van der Waals surface area contributed by atoms with Crippen molar-refractivity contribution in [3.05, 3.63) is 53.9 Å². The molecule has 0 atom stereocenters. The minimum Gasteiger partial charge on any atom is -0.381 e. The van der Waals surface area contributed by atoms with Crippen molar-refractivity contribution in [2.45, 2.75) is 51.5 Å². The molecule has 1 aromatic carbocycles. The minimum atomic E-state index is -0.171. The van der Waals surface area contributed by atoms with Gasteiger partial charge in [0.05, 0.1) is 11.9 Å². The van der Waals surface area contributed by atoms with Crippen LogP contribution in [0, 0.1) is 0 Å². The Hall–Kier alpha value is -2.36. The number of amides is 1. The SMILES string of the molecule is CC(C)c1ccccc1NC(=O)c1ccc(NC2CCCC2)cn1. The zero-order valence-corrected chi connectivity index (χ0v) is 14.4. The van der Waals surface area contributed by atoms with Gasteiger partial charge in [-0.25, -0.2) is 4.98 Å². The lowest BCUT2D eigenvalue weighted by molar-refractivity contribution is 0.102. The molecule has 1 aromatic heterocycles. The van der Waals surface area contributed by atoms with Crippen LogP contribution in [0.2, 0.25) is 0 Å². The molecule has 0 unspecified atom stereocenters. The first-order chi connectivity index (χ1) is 11.6. The fourth-order valence-electron chi connectivity index (χ4n) is 3.22. The van der Waals surface area contributed by atoms with E-state index in [-0.39, 0.29) is 5.91 Å². The van der Waals surface area contributed by atoms with Gasteiger partial charge in [0, 0.05) is 11.7 Å². The van der Waals surface area contributed by atoms with Crippen molar-refractivity contribution < 1.29 is 4.79 Å². The number of para-hydroxylation sites is 1. The Morgan fingerprint density at radius 3 is 2.54 bits per heavy atom. The largest absolute Gasteiger partial charge is 0.381 e. The molecule has 2 aromatic rings. The minimum absolute atomic E-state index is 0.171. The second-order valence-corrected chi connectivity index (χ2v) is 6.75. The molecule has 2 N–H and O–H groups in total. The lowest BCUT2D eigenvalue weighted by Gasteiger charge is -2.14. The maximum atomic E-state index is 12.5. The first-order valence-corrected chi connectivity index (χ1v) is 8.76. The number of nitrogens with one attached hydrogen (secondary N) is 2. The second kappa shape index (κ2) is 7.47. The van der Waals surface area contributed by atoms with Gasteiger partial charge in [0.1, 0.15) is 5.69 Å². The van der Waals surface area contributed by atoms with E-state index in [1.54, 1.807) is 12.3 Å². The fraction of sp³-hybridized carbons (Fsp3) is 0.400. The summed E-state index contributed by atoms with van der Waals surface area (Å²) < 4.78 is 0. The third kappa shape index (κ3) is 3.94. The van der Waals surface area contributed by atoms with Crippen LogP contribution in [0.3, 0.4) is 0 Å². The number of aromatic nitrogens is 1. The van der Waals surface area contributed by atoms with E-state index in [2.05, 4.69) is 29.5 Å². The topological polar surface area (TPSA) is 54.0 Å². The molecule has 4 heteroatoms. The van der Waals surface area contributed by atoms with Crippen molar-refractivity contribution >= 4 is 17.3 Å². The smallest absolute Gasteiger partial charge is 0.274 e. The first kappa shape index (κ1) is 16.5. The van der Waals surface area contributed by atoms with Crippen molar-refractivity contribution in [3.8, 4) is 0 Å². The number of anilines is 2. The average molecular weight is 323 g/mol.